The summed E-state index contributed by atoms with van der Waals surface area (Å²) >= 11 is 3.31. The highest BCUT2D eigenvalue weighted by atomic mass is 79.9. The summed E-state index contributed by atoms with van der Waals surface area (Å²) in [7, 11) is -3.48. The lowest BCUT2D eigenvalue weighted by atomic mass is 10.2. The van der Waals surface area contributed by atoms with Crippen molar-refractivity contribution in [2.75, 3.05) is 24.2 Å². The summed E-state index contributed by atoms with van der Waals surface area (Å²) in [6.07, 6.45) is 0.715. The number of amides is 1. The summed E-state index contributed by atoms with van der Waals surface area (Å²) in [5.74, 6) is -1.10. The van der Waals surface area contributed by atoms with E-state index in [2.05, 4.69) is 26.6 Å². The number of anilines is 1. The fourth-order valence-electron chi connectivity index (χ4n) is 2.29. The minimum Gasteiger partial charge on any atom is -0.385 e. The van der Waals surface area contributed by atoms with Gasteiger partial charge < -0.3 is 10.6 Å². The number of sulfone groups is 1. The SMILES string of the molecule is O=C(CS(=O)(=O)Cc1cccc(Br)c1)NCCCNc1ccccc1. The van der Waals surface area contributed by atoms with Gasteiger partial charge in [0.05, 0.1) is 5.75 Å². The monoisotopic (exact) mass is 424 g/mol. The molecule has 0 unspecified atom stereocenters. The lowest BCUT2D eigenvalue weighted by molar-refractivity contribution is -0.118. The molecule has 25 heavy (non-hydrogen) atoms. The molecule has 5 nitrogen and oxygen atoms in total. The molecule has 2 rings (SSSR count). The highest BCUT2D eigenvalue weighted by molar-refractivity contribution is 9.10. The second-order valence-corrected chi connectivity index (χ2v) is 8.64. The topological polar surface area (TPSA) is 75.3 Å². The van der Waals surface area contributed by atoms with Crippen molar-refractivity contribution < 1.29 is 13.2 Å². The molecule has 0 saturated carbocycles. The molecule has 2 aromatic rings. The third-order valence-corrected chi connectivity index (χ3v) is 5.37. The predicted octanol–water partition coefficient (Wildman–Crippen LogP) is 2.98. The summed E-state index contributed by atoms with van der Waals surface area (Å²) < 4.78 is 25.0. The van der Waals surface area contributed by atoms with Crippen LogP contribution in [0.15, 0.2) is 59.1 Å². The molecule has 0 fully saturated rings. The van der Waals surface area contributed by atoms with E-state index in [0.717, 1.165) is 10.2 Å². The molecule has 7 heteroatoms. The minimum absolute atomic E-state index is 0.143. The molecule has 0 aliphatic rings. The quantitative estimate of drug-likeness (QED) is 0.606. The van der Waals surface area contributed by atoms with E-state index >= 15 is 0 Å². The van der Waals surface area contributed by atoms with Crippen molar-refractivity contribution >= 4 is 37.4 Å². The van der Waals surface area contributed by atoms with E-state index in [1.54, 1.807) is 18.2 Å². The number of carbonyl (C=O) groups is 1. The number of rotatable bonds is 9. The van der Waals surface area contributed by atoms with Crippen LogP contribution in [0.5, 0.6) is 0 Å². The predicted molar refractivity (Wildman–Crippen MR) is 104 cm³/mol. The van der Waals surface area contributed by atoms with E-state index in [-0.39, 0.29) is 5.75 Å². The number of halogens is 1. The Morgan fingerprint density at radius 1 is 1.00 bits per heavy atom. The van der Waals surface area contributed by atoms with Crippen LogP contribution >= 0.6 is 15.9 Å². The Labute approximate surface area is 156 Å². The molecule has 0 aliphatic carbocycles. The maximum Gasteiger partial charge on any atom is 0.235 e. The van der Waals surface area contributed by atoms with Gasteiger partial charge in [-0.1, -0.05) is 46.3 Å². The molecule has 0 bridgehead atoms. The molecule has 0 heterocycles. The highest BCUT2D eigenvalue weighted by Crippen LogP contribution is 2.14. The molecular formula is C18H21BrN2O3S. The zero-order valence-corrected chi connectivity index (χ0v) is 16.1. The van der Waals surface area contributed by atoms with Crippen molar-refractivity contribution in [1.82, 2.24) is 5.32 Å². The van der Waals surface area contributed by atoms with E-state index in [1.165, 1.54) is 0 Å². The first kappa shape index (κ1) is 19.5. The van der Waals surface area contributed by atoms with E-state index in [1.807, 2.05) is 36.4 Å². The Kier molecular flexibility index (Phi) is 7.46. The normalized spacial score (nSPS) is 11.1. The average molecular weight is 425 g/mol. The van der Waals surface area contributed by atoms with Crippen molar-refractivity contribution in [1.29, 1.82) is 0 Å². The number of hydrogen-bond acceptors (Lipinski definition) is 4. The Bertz CT molecular complexity index is 795. The summed E-state index contributed by atoms with van der Waals surface area (Å²) in [6.45, 7) is 1.14. The van der Waals surface area contributed by atoms with Crippen molar-refractivity contribution in [2.24, 2.45) is 0 Å². The van der Waals surface area contributed by atoms with Crippen LogP contribution in [0.3, 0.4) is 0 Å². The molecule has 1 amide bonds. The van der Waals surface area contributed by atoms with Gasteiger partial charge in [0.2, 0.25) is 5.91 Å². The summed E-state index contributed by atoms with van der Waals surface area (Å²) in [4.78, 5) is 11.8. The number of para-hydroxylation sites is 1. The van der Waals surface area contributed by atoms with Gasteiger partial charge in [-0.05, 0) is 36.2 Å². The molecule has 134 valence electrons. The molecule has 0 aromatic heterocycles. The first-order valence-electron chi connectivity index (χ1n) is 7.95. The molecule has 2 aromatic carbocycles. The Balaban J connectivity index is 1.68. The highest BCUT2D eigenvalue weighted by Gasteiger charge is 2.17. The molecule has 0 atom stereocenters. The van der Waals surface area contributed by atoms with Gasteiger partial charge in [-0.3, -0.25) is 4.79 Å². The van der Waals surface area contributed by atoms with Crippen LogP contribution in [-0.4, -0.2) is 33.2 Å². The molecule has 0 aliphatic heterocycles. The molecule has 0 spiro atoms. The third-order valence-electron chi connectivity index (χ3n) is 3.41. The second kappa shape index (κ2) is 9.58. The maximum atomic E-state index is 12.1. The average Bonchev–Trinajstić information content (AvgIpc) is 2.54. The maximum absolute atomic E-state index is 12.1. The van der Waals surface area contributed by atoms with Crippen molar-refractivity contribution in [2.45, 2.75) is 12.2 Å². The van der Waals surface area contributed by atoms with Crippen LogP contribution in [0, 0.1) is 0 Å². The van der Waals surface area contributed by atoms with Gasteiger partial charge in [-0.2, -0.15) is 0 Å². The third kappa shape index (κ3) is 7.70. The van der Waals surface area contributed by atoms with Crippen LogP contribution in [0.1, 0.15) is 12.0 Å². The number of nitrogens with one attached hydrogen (secondary N) is 2. The zero-order valence-electron chi connectivity index (χ0n) is 13.7. The van der Waals surface area contributed by atoms with Crippen LogP contribution in [-0.2, 0) is 20.4 Å². The van der Waals surface area contributed by atoms with Gasteiger partial charge in [-0.15, -0.1) is 0 Å². The van der Waals surface area contributed by atoms with E-state index in [4.69, 9.17) is 0 Å². The van der Waals surface area contributed by atoms with Gasteiger partial charge in [0.25, 0.3) is 0 Å². The van der Waals surface area contributed by atoms with Gasteiger partial charge in [-0.25, -0.2) is 8.42 Å². The Morgan fingerprint density at radius 3 is 2.48 bits per heavy atom. The standard InChI is InChI=1S/C18H21BrN2O3S/c19-16-7-4-6-15(12-16)13-25(23,24)14-18(22)21-11-5-10-20-17-8-2-1-3-9-17/h1-4,6-9,12,20H,5,10-11,13-14H2,(H,21,22). The van der Waals surface area contributed by atoms with E-state index in [0.29, 0.717) is 25.1 Å². The minimum atomic E-state index is -3.48. The summed E-state index contributed by atoms with van der Waals surface area (Å²) in [5, 5.41) is 5.89. The molecular weight excluding hydrogens is 404 g/mol. The summed E-state index contributed by atoms with van der Waals surface area (Å²) in [5.41, 5.74) is 1.68. The van der Waals surface area contributed by atoms with Gasteiger partial charge in [0.1, 0.15) is 5.75 Å². The van der Waals surface area contributed by atoms with Gasteiger partial charge >= 0.3 is 0 Å². The number of benzene rings is 2. The molecule has 2 N–H and O–H groups in total. The van der Waals surface area contributed by atoms with E-state index in [9.17, 15) is 13.2 Å². The van der Waals surface area contributed by atoms with Crippen LogP contribution in [0.2, 0.25) is 0 Å². The van der Waals surface area contributed by atoms with E-state index < -0.39 is 21.5 Å². The van der Waals surface area contributed by atoms with Crippen molar-refractivity contribution in [3.8, 4) is 0 Å². The zero-order chi connectivity index (χ0) is 18.1. The molecule has 0 saturated heterocycles. The Morgan fingerprint density at radius 2 is 1.76 bits per heavy atom. The number of hydrogen-bond donors (Lipinski definition) is 2. The first-order valence-corrected chi connectivity index (χ1v) is 10.6. The van der Waals surface area contributed by atoms with Crippen LogP contribution < -0.4 is 10.6 Å². The largest absolute Gasteiger partial charge is 0.385 e. The van der Waals surface area contributed by atoms with Crippen LogP contribution in [0.25, 0.3) is 0 Å². The lowest BCUT2D eigenvalue weighted by Crippen LogP contribution is -2.32. The Hall–Kier alpha value is -1.86. The van der Waals surface area contributed by atoms with Crippen molar-refractivity contribution in [3.05, 3.63) is 64.6 Å². The van der Waals surface area contributed by atoms with Gasteiger partial charge in [0, 0.05) is 23.2 Å². The fourth-order valence-corrected chi connectivity index (χ4v) is 4.03. The summed E-state index contributed by atoms with van der Waals surface area (Å²) in [6, 6.07) is 16.8. The first-order chi connectivity index (χ1) is 11.9. The molecule has 0 radical (unpaired) electrons. The van der Waals surface area contributed by atoms with Crippen molar-refractivity contribution in [3.63, 3.8) is 0 Å². The van der Waals surface area contributed by atoms with Crippen LogP contribution in [0.4, 0.5) is 5.69 Å². The lowest BCUT2D eigenvalue weighted by Gasteiger charge is -2.08. The fraction of sp³-hybridized carbons (Fsp3) is 0.278. The second-order valence-electron chi connectivity index (χ2n) is 5.66. The number of carbonyl (C=O) groups excluding carboxylic acids is 1. The van der Waals surface area contributed by atoms with Gasteiger partial charge in [0.15, 0.2) is 9.84 Å². The smallest absolute Gasteiger partial charge is 0.235 e.